The number of Topliss-reactive ketones (excluding diaryl/α,β-unsaturated/α-hetero) is 1. The first-order valence-electron chi connectivity index (χ1n) is 6.44. The van der Waals surface area contributed by atoms with Crippen LogP contribution in [0.15, 0.2) is 18.2 Å². The van der Waals surface area contributed by atoms with Crippen molar-refractivity contribution in [1.82, 2.24) is 5.32 Å². The number of rotatable bonds is 5. The molecule has 0 saturated heterocycles. The summed E-state index contributed by atoms with van der Waals surface area (Å²) in [5.41, 5.74) is 1.11. The second-order valence-corrected chi connectivity index (χ2v) is 4.68. The fourth-order valence-corrected chi connectivity index (χ4v) is 2.13. The number of hydrogen-bond donors (Lipinski definition) is 3. The van der Waals surface area contributed by atoms with Crippen LogP contribution in [0.5, 0.6) is 5.75 Å². The maximum absolute atomic E-state index is 11.6. The highest BCUT2D eigenvalue weighted by Gasteiger charge is 2.23. The normalized spacial score (nSPS) is 17.5. The highest BCUT2D eigenvalue weighted by molar-refractivity contribution is 5.99. The molecule has 1 aromatic rings. The third kappa shape index (κ3) is 3.12. The molecule has 5 heteroatoms. The second kappa shape index (κ2) is 6.14. The Balaban J connectivity index is 2.15. The van der Waals surface area contributed by atoms with Gasteiger partial charge in [-0.25, -0.2) is 0 Å². The van der Waals surface area contributed by atoms with E-state index in [0.29, 0.717) is 42.9 Å². The van der Waals surface area contributed by atoms with Crippen LogP contribution >= 0.6 is 0 Å². The summed E-state index contributed by atoms with van der Waals surface area (Å²) in [5, 5.41) is 22.8. The molecule has 3 N–H and O–H groups in total. The molecule has 2 atom stereocenters. The lowest BCUT2D eigenvalue weighted by atomic mass is 9.97. The van der Waals surface area contributed by atoms with E-state index in [0.717, 1.165) is 0 Å². The van der Waals surface area contributed by atoms with Gasteiger partial charge in [0.25, 0.3) is 0 Å². The van der Waals surface area contributed by atoms with Crippen LogP contribution in [-0.2, 0) is 0 Å². The largest absolute Gasteiger partial charge is 0.492 e. The molecule has 5 nitrogen and oxygen atoms in total. The van der Waals surface area contributed by atoms with Gasteiger partial charge in [0.2, 0.25) is 0 Å². The van der Waals surface area contributed by atoms with E-state index in [1.54, 1.807) is 25.2 Å². The summed E-state index contributed by atoms with van der Waals surface area (Å²) < 4.78 is 5.42. The lowest BCUT2D eigenvalue weighted by molar-refractivity contribution is 0.0139. The number of ether oxygens (including phenoxy) is 1. The second-order valence-electron chi connectivity index (χ2n) is 4.68. The topological polar surface area (TPSA) is 78.8 Å². The van der Waals surface area contributed by atoms with Crippen molar-refractivity contribution in [3.63, 3.8) is 0 Å². The maximum Gasteiger partial charge on any atom is 0.169 e. The summed E-state index contributed by atoms with van der Waals surface area (Å²) >= 11 is 0. The van der Waals surface area contributed by atoms with Gasteiger partial charge in [-0.2, -0.15) is 0 Å². The number of carbonyl (C=O) groups excluding carboxylic acids is 1. The smallest absolute Gasteiger partial charge is 0.169 e. The Morgan fingerprint density at radius 3 is 2.95 bits per heavy atom. The van der Waals surface area contributed by atoms with Gasteiger partial charge in [0.1, 0.15) is 11.9 Å². The monoisotopic (exact) mass is 265 g/mol. The Morgan fingerprint density at radius 2 is 2.21 bits per heavy atom. The predicted molar refractivity (Wildman–Crippen MR) is 70.4 cm³/mol. The predicted octanol–water partition coefficient (Wildman–Crippen LogP) is 0.656. The number of carbonyl (C=O) groups is 1. The average Bonchev–Trinajstić information content (AvgIpc) is 2.43. The molecule has 0 aromatic heterocycles. The summed E-state index contributed by atoms with van der Waals surface area (Å²) in [7, 11) is 1.79. The molecule has 0 saturated carbocycles. The number of aliphatic hydroxyl groups excluding tert-OH is 2. The third-order valence-corrected chi connectivity index (χ3v) is 3.29. The first-order valence-corrected chi connectivity index (χ1v) is 6.44. The first kappa shape index (κ1) is 14.0. The van der Waals surface area contributed by atoms with E-state index in [-0.39, 0.29) is 5.78 Å². The van der Waals surface area contributed by atoms with Crippen molar-refractivity contribution in [1.29, 1.82) is 0 Å². The van der Waals surface area contributed by atoms with E-state index in [1.807, 2.05) is 0 Å². The molecule has 104 valence electrons. The summed E-state index contributed by atoms with van der Waals surface area (Å²) in [5.74, 6) is 0.548. The maximum atomic E-state index is 11.6. The van der Waals surface area contributed by atoms with Crippen LogP contribution in [0.3, 0.4) is 0 Å². The number of benzene rings is 1. The van der Waals surface area contributed by atoms with E-state index in [2.05, 4.69) is 5.32 Å². The fourth-order valence-electron chi connectivity index (χ4n) is 2.13. The SMILES string of the molecule is CNCCC(O)C(O)c1ccc2c(c1)OCCC2=O. The number of aliphatic hydroxyl groups is 2. The van der Waals surface area contributed by atoms with Crippen molar-refractivity contribution >= 4 is 5.78 Å². The lowest BCUT2D eigenvalue weighted by Gasteiger charge is -2.21. The van der Waals surface area contributed by atoms with E-state index < -0.39 is 12.2 Å². The van der Waals surface area contributed by atoms with E-state index in [4.69, 9.17) is 4.74 Å². The number of hydrogen-bond acceptors (Lipinski definition) is 5. The average molecular weight is 265 g/mol. The zero-order chi connectivity index (χ0) is 13.8. The van der Waals surface area contributed by atoms with Gasteiger partial charge in [-0.05, 0) is 37.7 Å². The van der Waals surface area contributed by atoms with Crippen LogP contribution in [-0.4, -0.2) is 42.3 Å². The first-order chi connectivity index (χ1) is 9.13. The van der Waals surface area contributed by atoms with E-state index in [1.165, 1.54) is 0 Å². The lowest BCUT2D eigenvalue weighted by Crippen LogP contribution is -2.23. The summed E-state index contributed by atoms with van der Waals surface area (Å²) in [4.78, 5) is 11.6. The van der Waals surface area contributed by atoms with E-state index >= 15 is 0 Å². The van der Waals surface area contributed by atoms with Crippen molar-refractivity contribution in [2.24, 2.45) is 0 Å². The van der Waals surface area contributed by atoms with Crippen molar-refractivity contribution in [3.8, 4) is 5.75 Å². The quantitative estimate of drug-likeness (QED) is 0.728. The van der Waals surface area contributed by atoms with Crippen LogP contribution in [0.4, 0.5) is 0 Å². The molecule has 0 bridgehead atoms. The Bertz CT molecular complexity index is 461. The number of fused-ring (bicyclic) bond motifs is 1. The summed E-state index contributed by atoms with van der Waals surface area (Å²) in [6, 6.07) is 4.96. The molecule has 1 aliphatic rings. The standard InChI is InChI=1S/C14H19NO4/c1-15-6-4-12(17)14(18)9-2-3-10-11(16)5-7-19-13(10)8-9/h2-3,8,12,14-15,17-18H,4-7H2,1H3. The van der Waals surface area contributed by atoms with Gasteiger partial charge >= 0.3 is 0 Å². The van der Waals surface area contributed by atoms with Crippen LogP contribution in [0.25, 0.3) is 0 Å². The van der Waals surface area contributed by atoms with Gasteiger partial charge in [-0.15, -0.1) is 0 Å². The van der Waals surface area contributed by atoms with Gasteiger partial charge in [-0.3, -0.25) is 4.79 Å². The Kier molecular flexibility index (Phi) is 4.52. The molecule has 1 aromatic carbocycles. The molecule has 1 heterocycles. The molecular formula is C14H19NO4. The molecule has 0 amide bonds. The molecule has 1 aliphatic heterocycles. The molecule has 2 rings (SSSR count). The number of nitrogens with one attached hydrogen (secondary N) is 1. The van der Waals surface area contributed by atoms with E-state index in [9.17, 15) is 15.0 Å². The minimum atomic E-state index is -0.973. The molecule has 19 heavy (non-hydrogen) atoms. The van der Waals surface area contributed by atoms with Gasteiger partial charge in [0.05, 0.1) is 18.3 Å². The summed E-state index contributed by atoms with van der Waals surface area (Å²) in [6.45, 7) is 0.992. The Hall–Kier alpha value is -1.43. The zero-order valence-corrected chi connectivity index (χ0v) is 10.9. The molecule has 0 aliphatic carbocycles. The molecule has 0 spiro atoms. The highest BCUT2D eigenvalue weighted by Crippen LogP contribution is 2.29. The summed E-state index contributed by atoms with van der Waals surface area (Å²) in [6.07, 6.45) is -0.974. The molecule has 2 unspecified atom stereocenters. The number of ketones is 1. The van der Waals surface area contributed by atoms with Crippen LogP contribution < -0.4 is 10.1 Å². The van der Waals surface area contributed by atoms with Gasteiger partial charge in [0, 0.05) is 6.42 Å². The van der Waals surface area contributed by atoms with Crippen molar-refractivity contribution in [2.75, 3.05) is 20.2 Å². The van der Waals surface area contributed by atoms with Crippen LogP contribution in [0.2, 0.25) is 0 Å². The minimum Gasteiger partial charge on any atom is -0.492 e. The minimum absolute atomic E-state index is 0.0537. The van der Waals surface area contributed by atoms with Crippen molar-refractivity contribution in [2.45, 2.75) is 25.0 Å². The Labute approximate surface area is 112 Å². The van der Waals surface area contributed by atoms with Gasteiger partial charge in [0.15, 0.2) is 5.78 Å². The molecular weight excluding hydrogens is 246 g/mol. The highest BCUT2D eigenvalue weighted by atomic mass is 16.5. The van der Waals surface area contributed by atoms with Gasteiger partial charge < -0.3 is 20.3 Å². The fraction of sp³-hybridized carbons (Fsp3) is 0.500. The zero-order valence-electron chi connectivity index (χ0n) is 10.9. The third-order valence-electron chi connectivity index (χ3n) is 3.29. The van der Waals surface area contributed by atoms with Gasteiger partial charge in [-0.1, -0.05) is 6.07 Å². The van der Waals surface area contributed by atoms with Crippen LogP contribution in [0.1, 0.15) is 34.9 Å². The Morgan fingerprint density at radius 1 is 1.42 bits per heavy atom. The van der Waals surface area contributed by atoms with Crippen molar-refractivity contribution < 1.29 is 19.7 Å². The van der Waals surface area contributed by atoms with Crippen LogP contribution in [0, 0.1) is 0 Å². The molecule has 0 radical (unpaired) electrons. The molecule has 0 fully saturated rings. The van der Waals surface area contributed by atoms with Crippen molar-refractivity contribution in [3.05, 3.63) is 29.3 Å².